The molecule has 2 bridgehead atoms. The van der Waals surface area contributed by atoms with Crippen molar-refractivity contribution in [1.82, 2.24) is 9.88 Å². The van der Waals surface area contributed by atoms with Crippen LogP contribution in [-0.4, -0.2) is 34.1 Å². The lowest BCUT2D eigenvalue weighted by Crippen LogP contribution is -2.55. The number of phenols is 1. The zero-order valence-corrected chi connectivity index (χ0v) is 19.3. The van der Waals surface area contributed by atoms with Gasteiger partial charge in [-0.1, -0.05) is 48.5 Å². The summed E-state index contributed by atoms with van der Waals surface area (Å²) in [5.41, 5.74) is 3.19. The molecule has 3 aliphatic heterocycles. The maximum absolute atomic E-state index is 10.3. The number of benzene rings is 3. The van der Waals surface area contributed by atoms with Crippen molar-refractivity contribution in [2.75, 3.05) is 13.1 Å². The highest BCUT2D eigenvalue weighted by Gasteiger charge is 2.43. The second-order valence-corrected chi connectivity index (χ2v) is 9.72. The zero-order chi connectivity index (χ0) is 23.1. The molecule has 0 aliphatic carbocycles. The Hall–Kier alpha value is -3.21. The number of piperidine rings is 3. The largest absolute Gasteiger partial charge is 0.508 e. The van der Waals surface area contributed by atoms with Crippen LogP contribution in [0.5, 0.6) is 5.75 Å². The number of aromatic nitrogens is 1. The first-order chi connectivity index (χ1) is 16.7. The molecule has 3 saturated heterocycles. The maximum Gasteiger partial charge on any atom is 0.116 e. The second-order valence-electron chi connectivity index (χ2n) is 9.72. The summed E-state index contributed by atoms with van der Waals surface area (Å²) in [6, 6.07) is 22.7. The van der Waals surface area contributed by atoms with E-state index in [0.717, 1.165) is 36.0 Å². The van der Waals surface area contributed by atoms with Crippen molar-refractivity contribution in [3.63, 3.8) is 0 Å². The number of hydrogen-bond donors (Lipinski definition) is 1. The number of nitrogens with zero attached hydrogens (tertiary/aromatic N) is 2. The molecule has 0 spiro atoms. The first-order valence-corrected chi connectivity index (χ1v) is 12.2. The molecular formula is C30H30N2O2. The summed E-state index contributed by atoms with van der Waals surface area (Å²) in [6.45, 7) is 6.77. The summed E-state index contributed by atoms with van der Waals surface area (Å²) >= 11 is 0. The van der Waals surface area contributed by atoms with E-state index in [1.165, 1.54) is 22.8 Å². The van der Waals surface area contributed by atoms with Crippen LogP contribution in [0.2, 0.25) is 0 Å². The molecule has 3 aliphatic rings. The van der Waals surface area contributed by atoms with Gasteiger partial charge >= 0.3 is 0 Å². The molecule has 0 amide bonds. The highest BCUT2D eigenvalue weighted by molar-refractivity contribution is 5.86. The first kappa shape index (κ1) is 21.3. The van der Waals surface area contributed by atoms with Crippen molar-refractivity contribution in [3.05, 3.63) is 96.7 Å². The van der Waals surface area contributed by atoms with E-state index < -0.39 is 0 Å². The van der Waals surface area contributed by atoms with Crippen molar-refractivity contribution >= 4 is 21.7 Å². The van der Waals surface area contributed by atoms with Gasteiger partial charge in [-0.15, -0.1) is 6.58 Å². The summed E-state index contributed by atoms with van der Waals surface area (Å²) < 4.78 is 6.85. The molecule has 3 fully saturated rings. The fourth-order valence-corrected chi connectivity index (χ4v) is 6.10. The van der Waals surface area contributed by atoms with E-state index in [-0.39, 0.29) is 17.9 Å². The quantitative estimate of drug-likeness (QED) is 0.353. The summed E-state index contributed by atoms with van der Waals surface area (Å²) in [7, 11) is 0. The minimum Gasteiger partial charge on any atom is -0.508 e. The molecule has 34 heavy (non-hydrogen) atoms. The Balaban J connectivity index is 1.40. The number of rotatable bonds is 6. The van der Waals surface area contributed by atoms with E-state index in [0.29, 0.717) is 18.4 Å². The molecule has 3 aromatic carbocycles. The number of hydrogen-bond acceptors (Lipinski definition) is 4. The van der Waals surface area contributed by atoms with Gasteiger partial charge in [0.2, 0.25) is 0 Å². The normalized spacial score (nSPS) is 24.9. The van der Waals surface area contributed by atoms with Crippen LogP contribution in [0.1, 0.15) is 30.1 Å². The minimum atomic E-state index is -0.111. The van der Waals surface area contributed by atoms with Crippen LogP contribution in [0.15, 0.2) is 85.6 Å². The van der Waals surface area contributed by atoms with Crippen molar-refractivity contribution in [3.8, 4) is 5.75 Å². The fraction of sp³-hybridized carbons (Fsp3) is 0.300. The molecule has 4 heteroatoms. The second kappa shape index (κ2) is 8.86. The van der Waals surface area contributed by atoms with Gasteiger partial charge in [0.1, 0.15) is 5.75 Å². The van der Waals surface area contributed by atoms with Gasteiger partial charge in [0.05, 0.1) is 18.2 Å². The third-order valence-electron chi connectivity index (χ3n) is 7.87. The van der Waals surface area contributed by atoms with E-state index in [9.17, 15) is 5.11 Å². The lowest BCUT2D eigenvalue weighted by molar-refractivity contribution is -0.0801. The van der Waals surface area contributed by atoms with Gasteiger partial charge in [0, 0.05) is 24.2 Å². The van der Waals surface area contributed by atoms with Crippen molar-refractivity contribution in [2.45, 2.75) is 31.6 Å². The molecule has 4 heterocycles. The smallest absolute Gasteiger partial charge is 0.116 e. The van der Waals surface area contributed by atoms with E-state index >= 15 is 0 Å². The van der Waals surface area contributed by atoms with Gasteiger partial charge in [0.15, 0.2) is 0 Å². The van der Waals surface area contributed by atoms with Crippen LogP contribution in [-0.2, 0) is 11.3 Å². The third kappa shape index (κ3) is 3.77. The van der Waals surface area contributed by atoms with Gasteiger partial charge in [0.25, 0.3) is 0 Å². The van der Waals surface area contributed by atoms with Gasteiger partial charge in [-0.3, -0.25) is 9.88 Å². The SMILES string of the molecule is C=C[C@H]1CN2CC[C@H]1C[C@@H]2[C@@H](OCc1cccc2ccccc12)c1ccnc2ccc(O)cc12. The highest BCUT2D eigenvalue weighted by Crippen LogP contribution is 2.44. The summed E-state index contributed by atoms with van der Waals surface area (Å²) in [5, 5.41) is 13.7. The summed E-state index contributed by atoms with van der Waals surface area (Å²) in [6.07, 6.45) is 6.21. The molecule has 1 unspecified atom stereocenters. The van der Waals surface area contributed by atoms with E-state index in [4.69, 9.17) is 4.74 Å². The standard InChI is InChI=1S/C30H30N2O2/c1-2-20-18-32-15-13-22(20)16-29(32)30(26-12-14-31-28-11-10-24(33)17-27(26)28)34-19-23-8-5-7-21-6-3-4-9-25(21)23/h2-12,14,17,20,22,29-30,33H,1,13,15-16,18-19H2/t20-,22-,29+,30-/m0/s1. The average Bonchev–Trinajstić information content (AvgIpc) is 2.89. The van der Waals surface area contributed by atoms with Crippen LogP contribution in [0.25, 0.3) is 21.7 Å². The van der Waals surface area contributed by atoms with Crippen LogP contribution >= 0.6 is 0 Å². The Kier molecular flexibility index (Phi) is 5.56. The monoisotopic (exact) mass is 450 g/mol. The molecule has 0 saturated carbocycles. The van der Waals surface area contributed by atoms with Gasteiger partial charge < -0.3 is 9.84 Å². The van der Waals surface area contributed by atoms with Gasteiger partial charge in [-0.25, -0.2) is 0 Å². The minimum absolute atomic E-state index is 0.111. The Labute approximate surface area is 200 Å². The molecule has 7 rings (SSSR count). The first-order valence-electron chi connectivity index (χ1n) is 12.2. The van der Waals surface area contributed by atoms with Crippen molar-refractivity contribution in [2.24, 2.45) is 11.8 Å². The molecular weight excluding hydrogens is 420 g/mol. The van der Waals surface area contributed by atoms with Crippen molar-refractivity contribution in [1.29, 1.82) is 0 Å². The molecule has 1 N–H and O–H groups in total. The number of ether oxygens (including phenoxy) is 1. The summed E-state index contributed by atoms with van der Waals surface area (Å²) in [5.74, 6) is 1.46. The lowest BCUT2D eigenvalue weighted by atomic mass is 9.73. The van der Waals surface area contributed by atoms with Crippen LogP contribution in [0.4, 0.5) is 0 Å². The molecule has 4 nitrogen and oxygen atoms in total. The molecule has 1 aromatic heterocycles. The Morgan fingerprint density at radius 2 is 1.97 bits per heavy atom. The third-order valence-corrected chi connectivity index (χ3v) is 7.87. The maximum atomic E-state index is 10.3. The Morgan fingerprint density at radius 3 is 2.82 bits per heavy atom. The number of pyridine rings is 1. The Bertz CT molecular complexity index is 1340. The molecule has 4 aromatic rings. The van der Waals surface area contributed by atoms with E-state index in [2.05, 4.69) is 71.1 Å². The van der Waals surface area contributed by atoms with Crippen LogP contribution < -0.4 is 0 Å². The van der Waals surface area contributed by atoms with Crippen LogP contribution in [0.3, 0.4) is 0 Å². The number of fused-ring (bicyclic) bond motifs is 5. The van der Waals surface area contributed by atoms with Gasteiger partial charge in [-0.2, -0.15) is 0 Å². The molecule has 0 radical (unpaired) electrons. The van der Waals surface area contributed by atoms with Crippen LogP contribution in [0, 0.1) is 11.8 Å². The average molecular weight is 451 g/mol. The summed E-state index contributed by atoms with van der Waals surface area (Å²) in [4.78, 5) is 7.14. The zero-order valence-electron chi connectivity index (χ0n) is 19.3. The van der Waals surface area contributed by atoms with E-state index in [1.54, 1.807) is 6.07 Å². The predicted molar refractivity (Wildman–Crippen MR) is 137 cm³/mol. The van der Waals surface area contributed by atoms with E-state index in [1.807, 2.05) is 18.3 Å². The fourth-order valence-electron chi connectivity index (χ4n) is 6.10. The van der Waals surface area contributed by atoms with Crippen molar-refractivity contribution < 1.29 is 9.84 Å². The van der Waals surface area contributed by atoms with Gasteiger partial charge in [-0.05, 0) is 77.4 Å². The molecule has 5 atom stereocenters. The number of aromatic hydroxyl groups is 1. The highest BCUT2D eigenvalue weighted by atomic mass is 16.5. The topological polar surface area (TPSA) is 45.6 Å². The molecule has 172 valence electrons. The lowest BCUT2D eigenvalue weighted by Gasteiger charge is -2.51. The Morgan fingerprint density at radius 1 is 1.09 bits per heavy atom. The predicted octanol–water partition coefficient (Wildman–Crippen LogP) is 6.25. The number of phenolic OH excluding ortho intramolecular Hbond substituents is 1.